The molecule has 1 aromatic carbocycles. The Hall–Kier alpha value is -1.39. The third kappa shape index (κ3) is 4.83. The SMILES string of the molecule is Cc1ccccc1CN(C)C(=O)CN(C)CC(O)C1CC1. The maximum Gasteiger partial charge on any atom is 0.236 e. The summed E-state index contributed by atoms with van der Waals surface area (Å²) in [6.45, 7) is 3.62. The zero-order chi connectivity index (χ0) is 15.4. The van der Waals surface area contributed by atoms with E-state index in [0.29, 0.717) is 25.6 Å². The highest BCUT2D eigenvalue weighted by atomic mass is 16.3. The van der Waals surface area contributed by atoms with Gasteiger partial charge in [0.15, 0.2) is 0 Å². The number of hydrogen-bond donors (Lipinski definition) is 1. The van der Waals surface area contributed by atoms with Crippen LogP contribution in [0.3, 0.4) is 0 Å². The van der Waals surface area contributed by atoms with E-state index in [0.717, 1.165) is 12.8 Å². The molecule has 21 heavy (non-hydrogen) atoms. The predicted molar refractivity (Wildman–Crippen MR) is 83.9 cm³/mol. The number of amides is 1. The van der Waals surface area contributed by atoms with Gasteiger partial charge in [0.2, 0.25) is 5.91 Å². The zero-order valence-electron chi connectivity index (χ0n) is 13.2. The molecule has 0 heterocycles. The molecule has 0 saturated heterocycles. The summed E-state index contributed by atoms with van der Waals surface area (Å²) in [5.74, 6) is 0.538. The number of likely N-dealkylation sites (N-methyl/N-ethyl adjacent to an activating group) is 2. The lowest BCUT2D eigenvalue weighted by Gasteiger charge is -2.24. The van der Waals surface area contributed by atoms with Gasteiger partial charge in [0.25, 0.3) is 0 Å². The molecule has 1 aliphatic carbocycles. The molecular weight excluding hydrogens is 264 g/mol. The number of rotatable bonds is 7. The summed E-state index contributed by atoms with van der Waals surface area (Å²) in [6, 6.07) is 8.12. The van der Waals surface area contributed by atoms with E-state index in [1.807, 2.05) is 31.1 Å². The van der Waals surface area contributed by atoms with E-state index in [4.69, 9.17) is 0 Å². The first-order valence-electron chi connectivity index (χ1n) is 7.62. The van der Waals surface area contributed by atoms with Crippen LogP contribution in [0.2, 0.25) is 0 Å². The molecule has 116 valence electrons. The third-order valence-electron chi connectivity index (χ3n) is 4.16. The Morgan fingerprint density at radius 2 is 2.00 bits per heavy atom. The first kappa shape index (κ1) is 16.0. The van der Waals surface area contributed by atoms with E-state index in [1.54, 1.807) is 4.90 Å². The topological polar surface area (TPSA) is 43.8 Å². The molecule has 4 nitrogen and oxygen atoms in total. The Balaban J connectivity index is 1.80. The highest BCUT2D eigenvalue weighted by molar-refractivity contribution is 5.78. The number of nitrogens with zero attached hydrogens (tertiary/aromatic N) is 2. The maximum absolute atomic E-state index is 12.2. The van der Waals surface area contributed by atoms with Gasteiger partial charge in [-0.15, -0.1) is 0 Å². The molecule has 0 radical (unpaired) electrons. The normalized spacial score (nSPS) is 16.0. The number of aliphatic hydroxyl groups is 1. The maximum atomic E-state index is 12.2. The van der Waals surface area contributed by atoms with Crippen molar-refractivity contribution < 1.29 is 9.90 Å². The molecule has 1 amide bonds. The van der Waals surface area contributed by atoms with Gasteiger partial charge in [-0.2, -0.15) is 0 Å². The van der Waals surface area contributed by atoms with E-state index in [1.165, 1.54) is 11.1 Å². The molecule has 1 unspecified atom stereocenters. The van der Waals surface area contributed by atoms with Crippen molar-refractivity contribution in [2.24, 2.45) is 5.92 Å². The van der Waals surface area contributed by atoms with Gasteiger partial charge in [0, 0.05) is 20.1 Å². The predicted octanol–water partition coefficient (Wildman–Crippen LogP) is 1.66. The Labute approximate surface area is 127 Å². The quantitative estimate of drug-likeness (QED) is 0.830. The Kier molecular flexibility index (Phi) is 5.37. The minimum Gasteiger partial charge on any atom is -0.392 e. The van der Waals surface area contributed by atoms with Crippen LogP contribution >= 0.6 is 0 Å². The summed E-state index contributed by atoms with van der Waals surface area (Å²) in [5, 5.41) is 9.92. The number of aliphatic hydroxyl groups excluding tert-OH is 1. The fourth-order valence-electron chi connectivity index (χ4n) is 2.50. The monoisotopic (exact) mass is 290 g/mol. The molecular formula is C17H26N2O2. The lowest BCUT2D eigenvalue weighted by molar-refractivity contribution is -0.131. The number of aryl methyl sites for hydroxylation is 1. The molecule has 0 bridgehead atoms. The van der Waals surface area contributed by atoms with Crippen LogP contribution in [-0.2, 0) is 11.3 Å². The average molecular weight is 290 g/mol. The molecule has 1 aromatic rings. The molecule has 0 spiro atoms. The molecule has 4 heteroatoms. The first-order chi connectivity index (χ1) is 9.97. The van der Waals surface area contributed by atoms with Gasteiger partial charge < -0.3 is 10.0 Å². The van der Waals surface area contributed by atoms with Crippen LogP contribution in [0, 0.1) is 12.8 Å². The largest absolute Gasteiger partial charge is 0.392 e. The van der Waals surface area contributed by atoms with Gasteiger partial charge in [0.05, 0.1) is 12.6 Å². The van der Waals surface area contributed by atoms with Gasteiger partial charge >= 0.3 is 0 Å². The van der Waals surface area contributed by atoms with Crippen LogP contribution in [-0.4, -0.2) is 54.1 Å². The Morgan fingerprint density at radius 1 is 1.33 bits per heavy atom. The van der Waals surface area contributed by atoms with Crippen LogP contribution in [0.4, 0.5) is 0 Å². The van der Waals surface area contributed by atoms with Crippen LogP contribution in [0.15, 0.2) is 24.3 Å². The number of benzene rings is 1. The smallest absolute Gasteiger partial charge is 0.236 e. The van der Waals surface area contributed by atoms with Crippen LogP contribution in [0.5, 0.6) is 0 Å². The average Bonchev–Trinajstić information content (AvgIpc) is 3.25. The molecule has 1 saturated carbocycles. The highest BCUT2D eigenvalue weighted by Crippen LogP contribution is 2.32. The van der Waals surface area contributed by atoms with Crippen molar-refractivity contribution in [2.75, 3.05) is 27.2 Å². The van der Waals surface area contributed by atoms with Crippen LogP contribution in [0.1, 0.15) is 24.0 Å². The van der Waals surface area contributed by atoms with Crippen molar-refractivity contribution in [3.63, 3.8) is 0 Å². The van der Waals surface area contributed by atoms with Gasteiger partial charge in [-0.05, 0) is 43.9 Å². The van der Waals surface area contributed by atoms with Gasteiger partial charge in [-0.1, -0.05) is 24.3 Å². The van der Waals surface area contributed by atoms with Gasteiger partial charge in [-0.3, -0.25) is 9.69 Å². The highest BCUT2D eigenvalue weighted by Gasteiger charge is 2.30. The second kappa shape index (κ2) is 7.05. The molecule has 1 atom stereocenters. The fourth-order valence-corrected chi connectivity index (χ4v) is 2.50. The summed E-state index contributed by atoms with van der Waals surface area (Å²) in [4.78, 5) is 15.9. The molecule has 2 rings (SSSR count). The summed E-state index contributed by atoms with van der Waals surface area (Å²) < 4.78 is 0. The standard InChI is InChI=1S/C17H26N2O2/c1-13-6-4-5-7-15(13)10-19(3)17(21)12-18(2)11-16(20)14-8-9-14/h4-7,14,16,20H,8-12H2,1-3H3. The molecule has 1 fully saturated rings. The van der Waals surface area contributed by atoms with Crippen molar-refractivity contribution in [1.82, 2.24) is 9.80 Å². The van der Waals surface area contributed by atoms with Crippen LogP contribution in [0.25, 0.3) is 0 Å². The lowest BCUT2D eigenvalue weighted by Crippen LogP contribution is -2.39. The minimum atomic E-state index is -0.288. The molecule has 0 aliphatic heterocycles. The van der Waals surface area contributed by atoms with Crippen molar-refractivity contribution in [3.05, 3.63) is 35.4 Å². The van der Waals surface area contributed by atoms with E-state index in [-0.39, 0.29) is 12.0 Å². The second-order valence-corrected chi connectivity index (χ2v) is 6.28. The van der Waals surface area contributed by atoms with Crippen molar-refractivity contribution in [1.29, 1.82) is 0 Å². The van der Waals surface area contributed by atoms with Crippen molar-refractivity contribution in [3.8, 4) is 0 Å². The van der Waals surface area contributed by atoms with Crippen LogP contribution < -0.4 is 0 Å². The van der Waals surface area contributed by atoms with Gasteiger partial charge in [-0.25, -0.2) is 0 Å². The van der Waals surface area contributed by atoms with E-state index in [2.05, 4.69) is 19.1 Å². The first-order valence-corrected chi connectivity index (χ1v) is 7.62. The summed E-state index contributed by atoms with van der Waals surface area (Å²) in [7, 11) is 3.73. The van der Waals surface area contributed by atoms with E-state index >= 15 is 0 Å². The molecule has 0 aromatic heterocycles. The number of carbonyl (C=O) groups is 1. The Bertz CT molecular complexity index is 485. The Morgan fingerprint density at radius 3 is 2.62 bits per heavy atom. The fraction of sp³-hybridized carbons (Fsp3) is 0.588. The van der Waals surface area contributed by atoms with Gasteiger partial charge in [0.1, 0.15) is 0 Å². The summed E-state index contributed by atoms with van der Waals surface area (Å²) in [6.07, 6.45) is 1.95. The number of hydrogen-bond acceptors (Lipinski definition) is 3. The summed E-state index contributed by atoms with van der Waals surface area (Å²) in [5.41, 5.74) is 2.38. The second-order valence-electron chi connectivity index (χ2n) is 6.28. The molecule has 1 aliphatic rings. The lowest BCUT2D eigenvalue weighted by atomic mass is 10.1. The minimum absolute atomic E-state index is 0.0868. The third-order valence-corrected chi connectivity index (χ3v) is 4.16. The van der Waals surface area contributed by atoms with E-state index < -0.39 is 0 Å². The van der Waals surface area contributed by atoms with E-state index in [9.17, 15) is 9.90 Å². The zero-order valence-corrected chi connectivity index (χ0v) is 13.2. The summed E-state index contributed by atoms with van der Waals surface area (Å²) >= 11 is 0. The number of carbonyl (C=O) groups excluding carboxylic acids is 1. The van der Waals surface area contributed by atoms with Crippen molar-refractivity contribution >= 4 is 5.91 Å². The molecule has 1 N–H and O–H groups in total. The van der Waals surface area contributed by atoms with Crippen molar-refractivity contribution in [2.45, 2.75) is 32.4 Å².